The van der Waals surface area contributed by atoms with E-state index in [2.05, 4.69) is 9.97 Å². The number of nitrogens with two attached hydrogens (primary N) is 1. The molecule has 0 saturated heterocycles. The summed E-state index contributed by atoms with van der Waals surface area (Å²) in [7, 11) is 1.57. The van der Waals surface area contributed by atoms with E-state index in [1.807, 2.05) is 42.6 Å². The molecule has 0 aliphatic carbocycles. The first-order chi connectivity index (χ1) is 13.6. The fourth-order valence-corrected chi connectivity index (χ4v) is 3.94. The molecule has 4 rings (SSSR count). The number of hydrogen-bond acceptors (Lipinski definition) is 6. The topological polar surface area (TPSA) is 90.2 Å². The number of methoxy groups -OCH3 is 1. The van der Waals surface area contributed by atoms with Crippen LogP contribution in [0.3, 0.4) is 0 Å². The van der Waals surface area contributed by atoms with Gasteiger partial charge in [-0.1, -0.05) is 6.07 Å². The van der Waals surface area contributed by atoms with Gasteiger partial charge in [-0.05, 0) is 42.3 Å². The van der Waals surface area contributed by atoms with E-state index < -0.39 is 0 Å². The number of pyridine rings is 1. The number of benzene rings is 2. The highest BCUT2D eigenvalue weighted by Crippen LogP contribution is 2.40. The highest BCUT2D eigenvalue weighted by Gasteiger charge is 2.18. The van der Waals surface area contributed by atoms with Crippen LogP contribution < -0.4 is 16.0 Å². The molecule has 0 saturated carbocycles. The van der Waals surface area contributed by atoms with Crippen molar-refractivity contribution in [2.75, 3.05) is 19.6 Å². The van der Waals surface area contributed by atoms with Crippen molar-refractivity contribution in [3.63, 3.8) is 0 Å². The van der Waals surface area contributed by atoms with Crippen molar-refractivity contribution in [1.82, 2.24) is 9.97 Å². The number of fused-ring (bicyclic) bond motifs is 1. The van der Waals surface area contributed by atoms with Crippen molar-refractivity contribution >= 4 is 27.8 Å². The van der Waals surface area contributed by atoms with E-state index in [1.54, 1.807) is 19.5 Å². The number of hydrogen-bond donors (Lipinski definition) is 2. The fraction of sp³-hybridized carbons (Fsp3) is 0.143. The van der Waals surface area contributed by atoms with Crippen LogP contribution in [-0.2, 0) is 4.74 Å². The minimum atomic E-state index is -0.223. The van der Waals surface area contributed by atoms with Crippen LogP contribution in [0.25, 0.3) is 32.5 Å². The number of anilines is 1. The Hall–Kier alpha value is -3.16. The van der Waals surface area contributed by atoms with E-state index in [0.717, 1.165) is 32.6 Å². The number of H-pyrrole nitrogens is 1. The van der Waals surface area contributed by atoms with E-state index in [-0.39, 0.29) is 12.4 Å². The first-order valence-electron chi connectivity index (χ1n) is 8.66. The lowest BCUT2D eigenvalue weighted by Gasteiger charge is -2.15. The third-order valence-electron chi connectivity index (χ3n) is 4.60. The van der Waals surface area contributed by atoms with Gasteiger partial charge in [-0.25, -0.2) is 4.98 Å². The molecule has 2 aromatic heterocycles. The van der Waals surface area contributed by atoms with Gasteiger partial charge in [0.25, 0.3) is 5.56 Å². The number of aryl methyl sites for hydroxylation is 1. The normalized spacial score (nSPS) is 11.1. The van der Waals surface area contributed by atoms with E-state index in [9.17, 15) is 4.79 Å². The summed E-state index contributed by atoms with van der Waals surface area (Å²) in [4.78, 5) is 19.8. The molecule has 0 unspecified atom stereocenters. The molecule has 6 nitrogen and oxygen atoms in total. The number of thiazole rings is 1. The van der Waals surface area contributed by atoms with Gasteiger partial charge in [0.15, 0.2) is 6.79 Å². The maximum atomic E-state index is 12.6. The molecule has 4 aromatic rings. The summed E-state index contributed by atoms with van der Waals surface area (Å²) in [5, 5.41) is 3.99. The van der Waals surface area contributed by atoms with Crippen LogP contribution in [0.15, 0.2) is 52.9 Å². The first kappa shape index (κ1) is 18.2. The molecule has 0 bridgehead atoms. The molecule has 28 heavy (non-hydrogen) atoms. The lowest BCUT2D eigenvalue weighted by molar-refractivity contribution is 0.0511. The number of nitrogens with zero attached hydrogens (tertiary/aromatic N) is 1. The van der Waals surface area contributed by atoms with Gasteiger partial charge in [-0.2, -0.15) is 0 Å². The molecule has 0 amide bonds. The van der Waals surface area contributed by atoms with Crippen LogP contribution in [-0.4, -0.2) is 23.9 Å². The maximum absolute atomic E-state index is 12.6. The largest absolute Gasteiger partial charge is 0.468 e. The van der Waals surface area contributed by atoms with Gasteiger partial charge in [0, 0.05) is 41.4 Å². The highest BCUT2D eigenvalue weighted by atomic mass is 32.1. The molecule has 0 spiro atoms. The molecule has 142 valence electrons. The Kier molecular flexibility index (Phi) is 4.85. The SMILES string of the molecule is COCOc1ccc(C)c(-c2cc(-c3nccs3)c3cc[nH]c(=O)c3c2N)c1. The zero-order valence-corrected chi connectivity index (χ0v) is 16.3. The Bertz CT molecular complexity index is 1200. The molecular weight excluding hydrogens is 374 g/mol. The van der Waals surface area contributed by atoms with E-state index in [0.29, 0.717) is 16.8 Å². The second-order valence-electron chi connectivity index (χ2n) is 6.35. The fourth-order valence-electron chi connectivity index (χ4n) is 3.27. The van der Waals surface area contributed by atoms with E-state index in [1.165, 1.54) is 11.3 Å². The minimum Gasteiger partial charge on any atom is -0.468 e. The third-order valence-corrected chi connectivity index (χ3v) is 5.41. The summed E-state index contributed by atoms with van der Waals surface area (Å²) in [5.41, 5.74) is 10.3. The van der Waals surface area contributed by atoms with Crippen molar-refractivity contribution in [3.8, 4) is 27.4 Å². The zero-order valence-electron chi connectivity index (χ0n) is 15.5. The molecule has 0 fully saturated rings. The molecule has 3 N–H and O–H groups in total. The Morgan fingerprint density at radius 1 is 1.18 bits per heavy atom. The third kappa shape index (κ3) is 3.15. The second kappa shape index (κ2) is 7.46. The minimum absolute atomic E-state index is 0.153. The van der Waals surface area contributed by atoms with Crippen molar-refractivity contribution in [3.05, 3.63) is 64.0 Å². The average Bonchev–Trinajstić information content (AvgIpc) is 3.22. The maximum Gasteiger partial charge on any atom is 0.257 e. The van der Waals surface area contributed by atoms with Gasteiger partial charge in [0.2, 0.25) is 0 Å². The van der Waals surface area contributed by atoms with Gasteiger partial charge in [-0.3, -0.25) is 4.79 Å². The number of aromatic nitrogens is 2. The molecule has 2 aromatic carbocycles. The molecule has 0 aliphatic rings. The molecular formula is C21H19N3O3S. The molecule has 0 radical (unpaired) electrons. The number of nitrogens with one attached hydrogen (secondary N) is 1. The van der Waals surface area contributed by atoms with Crippen LogP contribution in [0, 0.1) is 6.92 Å². The van der Waals surface area contributed by atoms with E-state index in [4.69, 9.17) is 15.2 Å². The lowest BCUT2D eigenvalue weighted by Crippen LogP contribution is -2.09. The standard InChI is InChI=1S/C21H19N3O3S/c1-12-3-4-13(27-11-26-2)9-15(12)16-10-17(21-24-7-8-28-21)14-5-6-23-20(25)18(14)19(16)22/h3-10H,11,22H2,1-2H3,(H,23,25). The Balaban J connectivity index is 2.02. The van der Waals surface area contributed by atoms with Crippen LogP contribution in [0.1, 0.15) is 5.56 Å². The average molecular weight is 393 g/mol. The highest BCUT2D eigenvalue weighted by molar-refractivity contribution is 7.13. The second-order valence-corrected chi connectivity index (χ2v) is 7.24. The van der Waals surface area contributed by atoms with Crippen molar-refractivity contribution in [1.29, 1.82) is 0 Å². The quantitative estimate of drug-likeness (QED) is 0.392. The Labute approximate surface area is 165 Å². The number of nitrogen functional groups attached to an aromatic ring is 1. The summed E-state index contributed by atoms with van der Waals surface area (Å²) in [6.07, 6.45) is 3.38. The number of ether oxygens (including phenoxy) is 2. The number of aromatic amines is 1. The summed E-state index contributed by atoms with van der Waals surface area (Å²) in [5.74, 6) is 0.666. The van der Waals surface area contributed by atoms with Gasteiger partial charge in [-0.15, -0.1) is 11.3 Å². The summed E-state index contributed by atoms with van der Waals surface area (Å²) in [6.45, 7) is 2.15. The predicted molar refractivity (Wildman–Crippen MR) is 113 cm³/mol. The van der Waals surface area contributed by atoms with Crippen molar-refractivity contribution < 1.29 is 9.47 Å². The Morgan fingerprint density at radius 2 is 2.04 bits per heavy atom. The monoisotopic (exact) mass is 393 g/mol. The molecule has 0 atom stereocenters. The van der Waals surface area contributed by atoms with Crippen LogP contribution in [0.2, 0.25) is 0 Å². The summed E-state index contributed by atoms with van der Waals surface area (Å²) in [6, 6.07) is 9.61. The predicted octanol–water partition coefficient (Wildman–Crippen LogP) is 4.19. The van der Waals surface area contributed by atoms with Crippen LogP contribution in [0.5, 0.6) is 5.75 Å². The van der Waals surface area contributed by atoms with Gasteiger partial charge >= 0.3 is 0 Å². The van der Waals surface area contributed by atoms with Gasteiger partial charge < -0.3 is 20.2 Å². The summed E-state index contributed by atoms with van der Waals surface area (Å²) >= 11 is 1.52. The van der Waals surface area contributed by atoms with Crippen molar-refractivity contribution in [2.45, 2.75) is 6.92 Å². The van der Waals surface area contributed by atoms with Gasteiger partial charge in [0.05, 0.1) is 11.1 Å². The Morgan fingerprint density at radius 3 is 2.79 bits per heavy atom. The van der Waals surface area contributed by atoms with Crippen LogP contribution >= 0.6 is 11.3 Å². The van der Waals surface area contributed by atoms with E-state index >= 15 is 0 Å². The first-order valence-corrected chi connectivity index (χ1v) is 9.54. The smallest absolute Gasteiger partial charge is 0.257 e. The molecule has 7 heteroatoms. The zero-order chi connectivity index (χ0) is 19.7. The van der Waals surface area contributed by atoms with Crippen LogP contribution in [0.4, 0.5) is 5.69 Å². The lowest BCUT2D eigenvalue weighted by atomic mass is 9.93. The number of rotatable bonds is 5. The van der Waals surface area contributed by atoms with Crippen molar-refractivity contribution in [2.24, 2.45) is 0 Å². The molecule has 0 aliphatic heterocycles. The molecule has 2 heterocycles. The van der Waals surface area contributed by atoms with Gasteiger partial charge in [0.1, 0.15) is 10.8 Å². The summed E-state index contributed by atoms with van der Waals surface area (Å²) < 4.78 is 10.6.